The van der Waals surface area contributed by atoms with E-state index in [0.29, 0.717) is 18.7 Å². The monoisotopic (exact) mass is 264 g/mol. The van der Waals surface area contributed by atoms with E-state index in [1.54, 1.807) is 6.20 Å². The van der Waals surface area contributed by atoms with Crippen LogP contribution in [0.15, 0.2) is 42.6 Å². The van der Waals surface area contributed by atoms with Gasteiger partial charge < -0.3 is 9.88 Å². The fraction of sp³-hybridized carbons (Fsp3) is 0.133. The van der Waals surface area contributed by atoms with Gasteiger partial charge in [-0.15, -0.1) is 0 Å². The van der Waals surface area contributed by atoms with Crippen molar-refractivity contribution < 1.29 is 4.79 Å². The van der Waals surface area contributed by atoms with Crippen LogP contribution < -0.4 is 5.32 Å². The summed E-state index contributed by atoms with van der Waals surface area (Å²) in [6.45, 7) is 1.30. The predicted octanol–water partition coefficient (Wildman–Crippen LogP) is 1.84. The quantitative estimate of drug-likeness (QED) is 0.729. The van der Waals surface area contributed by atoms with Gasteiger partial charge in [0.25, 0.3) is 5.91 Å². The van der Waals surface area contributed by atoms with Crippen molar-refractivity contribution in [2.75, 3.05) is 6.54 Å². The molecule has 2 aromatic heterocycles. The van der Waals surface area contributed by atoms with Crippen LogP contribution in [0.2, 0.25) is 0 Å². The fourth-order valence-electron chi connectivity index (χ4n) is 2.65. The molecule has 5 nitrogen and oxygen atoms in total. The molecule has 3 heterocycles. The molecule has 1 aromatic carbocycles. The molecule has 1 aliphatic rings. The van der Waals surface area contributed by atoms with Crippen molar-refractivity contribution in [2.24, 2.45) is 0 Å². The van der Waals surface area contributed by atoms with E-state index in [9.17, 15) is 4.79 Å². The van der Waals surface area contributed by atoms with E-state index in [1.807, 2.05) is 36.4 Å². The van der Waals surface area contributed by atoms with Gasteiger partial charge in [-0.25, -0.2) is 4.98 Å². The summed E-state index contributed by atoms with van der Waals surface area (Å²) in [5.74, 6) is 0.770. The molecule has 0 bridgehead atoms. The Balaban J connectivity index is 2.07. The average molecular weight is 264 g/mol. The maximum atomic E-state index is 12.1. The van der Waals surface area contributed by atoms with Crippen LogP contribution in [0.5, 0.6) is 0 Å². The highest BCUT2D eigenvalue weighted by Gasteiger charge is 2.21. The molecule has 4 rings (SSSR count). The van der Waals surface area contributed by atoms with Crippen molar-refractivity contribution in [3.05, 3.63) is 48.2 Å². The van der Waals surface area contributed by atoms with Gasteiger partial charge in [-0.2, -0.15) is 0 Å². The van der Waals surface area contributed by atoms with Crippen LogP contribution in [0, 0.1) is 0 Å². The van der Waals surface area contributed by atoms with Gasteiger partial charge in [0, 0.05) is 19.3 Å². The standard InChI is InChI=1S/C15H12N4O/c20-15-10-4-3-6-11-13(10)19(9-8-17-15)14(18-11)12-5-1-2-7-16-12/h1-7H,8-9H2,(H,17,20). The normalized spacial score (nSPS) is 14.1. The SMILES string of the molecule is O=C1NCCn2c(-c3ccccn3)nc3cccc1c32. The summed E-state index contributed by atoms with van der Waals surface area (Å²) in [6, 6.07) is 11.4. The molecular formula is C15H12N4O. The first-order valence-corrected chi connectivity index (χ1v) is 6.53. The minimum atomic E-state index is -0.0400. The molecule has 1 N–H and O–H groups in total. The maximum absolute atomic E-state index is 12.1. The summed E-state index contributed by atoms with van der Waals surface area (Å²) in [5.41, 5.74) is 3.22. The third kappa shape index (κ3) is 1.53. The highest BCUT2D eigenvalue weighted by Crippen LogP contribution is 2.27. The van der Waals surface area contributed by atoms with Crippen molar-refractivity contribution in [3.63, 3.8) is 0 Å². The first-order chi connectivity index (χ1) is 9.84. The number of imidazole rings is 1. The van der Waals surface area contributed by atoms with Gasteiger partial charge in [-0.05, 0) is 24.3 Å². The Hall–Kier alpha value is -2.69. The van der Waals surface area contributed by atoms with Crippen LogP contribution in [-0.4, -0.2) is 27.0 Å². The second kappa shape index (κ2) is 4.16. The van der Waals surface area contributed by atoms with Crippen LogP contribution in [0.1, 0.15) is 10.4 Å². The van der Waals surface area contributed by atoms with Crippen molar-refractivity contribution >= 4 is 16.9 Å². The molecule has 0 spiro atoms. The topological polar surface area (TPSA) is 59.8 Å². The number of carbonyl (C=O) groups is 1. The van der Waals surface area contributed by atoms with Crippen molar-refractivity contribution in [1.29, 1.82) is 0 Å². The minimum absolute atomic E-state index is 0.0400. The van der Waals surface area contributed by atoms with Crippen LogP contribution in [0.4, 0.5) is 0 Å². The fourth-order valence-corrected chi connectivity index (χ4v) is 2.65. The predicted molar refractivity (Wildman–Crippen MR) is 75.3 cm³/mol. The summed E-state index contributed by atoms with van der Waals surface area (Å²) in [5, 5.41) is 2.91. The molecule has 1 amide bonds. The van der Waals surface area contributed by atoms with Crippen LogP contribution in [0.3, 0.4) is 0 Å². The Bertz CT molecular complexity index is 807. The number of benzene rings is 1. The molecule has 0 saturated carbocycles. The highest BCUT2D eigenvalue weighted by molar-refractivity contribution is 6.06. The first-order valence-electron chi connectivity index (χ1n) is 6.53. The molecule has 0 atom stereocenters. The highest BCUT2D eigenvalue weighted by atomic mass is 16.1. The van der Waals surface area contributed by atoms with Crippen LogP contribution >= 0.6 is 0 Å². The van der Waals surface area contributed by atoms with E-state index in [-0.39, 0.29) is 5.91 Å². The number of pyridine rings is 1. The smallest absolute Gasteiger partial charge is 0.253 e. The zero-order valence-electron chi connectivity index (χ0n) is 10.7. The van der Waals surface area contributed by atoms with Gasteiger partial charge in [0.2, 0.25) is 0 Å². The van der Waals surface area contributed by atoms with E-state index in [4.69, 9.17) is 0 Å². The Morgan fingerprint density at radius 3 is 2.95 bits per heavy atom. The molecule has 5 heteroatoms. The Morgan fingerprint density at radius 1 is 1.15 bits per heavy atom. The van der Waals surface area contributed by atoms with Gasteiger partial charge in [0.05, 0.1) is 16.6 Å². The number of rotatable bonds is 1. The number of amides is 1. The number of carbonyl (C=O) groups excluding carboxylic acids is 1. The lowest BCUT2D eigenvalue weighted by Crippen LogP contribution is -2.24. The third-order valence-electron chi connectivity index (χ3n) is 3.53. The molecule has 20 heavy (non-hydrogen) atoms. The summed E-state index contributed by atoms with van der Waals surface area (Å²) >= 11 is 0. The van der Waals surface area contributed by atoms with Crippen LogP contribution in [-0.2, 0) is 6.54 Å². The lowest BCUT2D eigenvalue weighted by molar-refractivity contribution is 0.0956. The number of hydrogen-bond donors (Lipinski definition) is 1. The van der Waals surface area contributed by atoms with E-state index in [0.717, 1.165) is 22.6 Å². The van der Waals surface area contributed by atoms with Crippen molar-refractivity contribution in [2.45, 2.75) is 6.54 Å². The Morgan fingerprint density at radius 2 is 2.10 bits per heavy atom. The Labute approximate surface area is 115 Å². The zero-order chi connectivity index (χ0) is 13.5. The van der Waals surface area contributed by atoms with E-state index >= 15 is 0 Å². The molecule has 0 aliphatic carbocycles. The number of nitrogens with zero attached hydrogens (tertiary/aromatic N) is 3. The van der Waals surface area contributed by atoms with Crippen molar-refractivity contribution in [3.8, 4) is 11.5 Å². The molecule has 0 radical (unpaired) electrons. The largest absolute Gasteiger partial charge is 0.350 e. The second-order valence-corrected chi connectivity index (χ2v) is 4.73. The van der Waals surface area contributed by atoms with Gasteiger partial charge in [-0.1, -0.05) is 12.1 Å². The maximum Gasteiger partial charge on any atom is 0.253 e. The molecule has 98 valence electrons. The molecule has 0 unspecified atom stereocenters. The van der Waals surface area contributed by atoms with E-state index < -0.39 is 0 Å². The summed E-state index contributed by atoms with van der Waals surface area (Å²) in [7, 11) is 0. The summed E-state index contributed by atoms with van der Waals surface area (Å²) < 4.78 is 2.07. The second-order valence-electron chi connectivity index (χ2n) is 4.73. The average Bonchev–Trinajstić information content (AvgIpc) is 2.78. The zero-order valence-corrected chi connectivity index (χ0v) is 10.7. The van der Waals surface area contributed by atoms with Gasteiger partial charge in [-0.3, -0.25) is 9.78 Å². The van der Waals surface area contributed by atoms with Gasteiger partial charge >= 0.3 is 0 Å². The minimum Gasteiger partial charge on any atom is -0.350 e. The lowest BCUT2D eigenvalue weighted by atomic mass is 10.2. The first kappa shape index (κ1) is 11.2. The van der Waals surface area contributed by atoms with Gasteiger partial charge in [0.15, 0.2) is 5.82 Å². The number of nitrogens with one attached hydrogen (secondary N) is 1. The molecule has 0 fully saturated rings. The molecule has 3 aromatic rings. The van der Waals surface area contributed by atoms with Gasteiger partial charge in [0.1, 0.15) is 5.69 Å². The number of para-hydroxylation sites is 1. The molecule has 1 aliphatic heterocycles. The van der Waals surface area contributed by atoms with Crippen molar-refractivity contribution in [1.82, 2.24) is 19.9 Å². The summed E-state index contributed by atoms with van der Waals surface area (Å²) in [6.07, 6.45) is 1.75. The van der Waals surface area contributed by atoms with E-state index in [2.05, 4.69) is 19.9 Å². The molecule has 0 saturated heterocycles. The summed E-state index contributed by atoms with van der Waals surface area (Å²) in [4.78, 5) is 21.1. The molecular weight excluding hydrogens is 252 g/mol. The van der Waals surface area contributed by atoms with E-state index in [1.165, 1.54) is 0 Å². The third-order valence-corrected chi connectivity index (χ3v) is 3.53. The number of aromatic nitrogens is 3. The Kier molecular flexibility index (Phi) is 2.32. The van der Waals surface area contributed by atoms with Crippen LogP contribution in [0.25, 0.3) is 22.6 Å². The lowest BCUT2D eigenvalue weighted by Gasteiger charge is -2.06. The number of hydrogen-bond acceptors (Lipinski definition) is 3.